The zero-order valence-corrected chi connectivity index (χ0v) is 17.2. The normalized spacial score (nSPS) is 20.3. The molecule has 0 saturated heterocycles. The quantitative estimate of drug-likeness (QED) is 0.226. The van der Waals surface area contributed by atoms with Gasteiger partial charge in [-0.05, 0) is 61.5 Å². The Morgan fingerprint density at radius 1 is 0.889 bits per heavy atom. The molecule has 0 bridgehead atoms. The number of allylic oxidation sites excluding steroid dienone is 4. The Labute approximate surface area is 167 Å². The van der Waals surface area contributed by atoms with E-state index < -0.39 is 0 Å². The smallest absolute Gasteiger partial charge is 0.0912 e. The molecule has 2 rings (SSSR count). The van der Waals surface area contributed by atoms with Crippen molar-refractivity contribution >= 4 is 0 Å². The lowest BCUT2D eigenvalue weighted by Gasteiger charge is -2.28. The zero-order valence-electron chi connectivity index (χ0n) is 17.2. The molecule has 1 saturated carbocycles. The number of hydrogen-bond donors (Lipinski definition) is 0. The first-order valence-electron chi connectivity index (χ1n) is 11.1. The number of hydrogen-bond acceptors (Lipinski definition) is 1. The van der Waals surface area contributed by atoms with Crippen LogP contribution >= 0.6 is 0 Å². The number of rotatable bonds is 11. The maximum Gasteiger partial charge on any atom is 0.0912 e. The van der Waals surface area contributed by atoms with Crippen LogP contribution in [0, 0.1) is 23.2 Å². The molecule has 0 spiro atoms. The van der Waals surface area contributed by atoms with E-state index in [9.17, 15) is 0 Å². The van der Waals surface area contributed by atoms with E-state index in [0.717, 1.165) is 18.3 Å². The van der Waals surface area contributed by atoms with Crippen molar-refractivity contribution in [3.63, 3.8) is 0 Å². The highest BCUT2D eigenvalue weighted by Gasteiger charge is 2.20. The fraction of sp³-hybridized carbons (Fsp3) is 0.577. The van der Waals surface area contributed by atoms with Crippen molar-refractivity contribution in [2.24, 2.45) is 11.8 Å². The summed E-state index contributed by atoms with van der Waals surface area (Å²) in [5.74, 6) is 1.84. The highest BCUT2D eigenvalue weighted by molar-refractivity contribution is 5.22. The van der Waals surface area contributed by atoms with Gasteiger partial charge >= 0.3 is 0 Å². The van der Waals surface area contributed by atoms with Crippen molar-refractivity contribution in [1.29, 1.82) is 5.26 Å². The monoisotopic (exact) mass is 363 g/mol. The maximum atomic E-state index is 8.45. The lowest BCUT2D eigenvalue weighted by Crippen LogP contribution is -2.15. The van der Waals surface area contributed by atoms with Crippen molar-refractivity contribution in [3.8, 4) is 6.07 Å². The predicted molar refractivity (Wildman–Crippen MR) is 117 cm³/mol. The third-order valence-corrected chi connectivity index (χ3v) is 6.06. The van der Waals surface area contributed by atoms with E-state index in [1.807, 2.05) is 18.2 Å². The van der Waals surface area contributed by atoms with Crippen molar-refractivity contribution in [3.05, 3.63) is 59.7 Å². The highest BCUT2D eigenvalue weighted by atomic mass is 14.3. The number of nitrogens with zero attached hydrogens (tertiary/aromatic N) is 1. The Balaban J connectivity index is 1.59. The highest BCUT2D eigenvalue weighted by Crippen LogP contribution is 2.34. The van der Waals surface area contributed by atoms with Gasteiger partial charge in [0.15, 0.2) is 0 Å². The first-order valence-corrected chi connectivity index (χ1v) is 11.1. The van der Waals surface area contributed by atoms with E-state index in [0.29, 0.717) is 0 Å². The van der Waals surface area contributed by atoms with Crippen LogP contribution in [0.3, 0.4) is 0 Å². The van der Waals surface area contributed by atoms with Gasteiger partial charge in [-0.3, -0.25) is 0 Å². The molecule has 1 nitrogen and oxygen atoms in total. The van der Waals surface area contributed by atoms with Crippen LogP contribution in [0.15, 0.2) is 48.6 Å². The first-order chi connectivity index (χ1) is 13.3. The molecule has 27 heavy (non-hydrogen) atoms. The predicted octanol–water partition coefficient (Wildman–Crippen LogP) is 7.57. The van der Waals surface area contributed by atoms with Crippen LogP contribution in [0.5, 0.6) is 0 Å². The van der Waals surface area contributed by atoms with Gasteiger partial charge < -0.3 is 0 Å². The molecule has 0 heterocycles. The second-order valence-corrected chi connectivity index (χ2v) is 8.19. The Morgan fingerprint density at radius 3 is 2.15 bits per heavy atom. The minimum Gasteiger partial charge on any atom is -0.193 e. The van der Waals surface area contributed by atoms with Crippen molar-refractivity contribution in [1.82, 2.24) is 0 Å². The van der Waals surface area contributed by atoms with Crippen LogP contribution in [0.4, 0.5) is 0 Å². The lowest BCUT2D eigenvalue weighted by atomic mass is 9.78. The Morgan fingerprint density at radius 2 is 1.52 bits per heavy atom. The molecule has 1 heteroatoms. The van der Waals surface area contributed by atoms with Gasteiger partial charge in [-0.2, -0.15) is 5.26 Å². The van der Waals surface area contributed by atoms with E-state index in [1.54, 1.807) is 0 Å². The number of benzene rings is 1. The Bertz CT molecular complexity index is 594. The average Bonchev–Trinajstić information content (AvgIpc) is 2.71. The summed E-state index contributed by atoms with van der Waals surface area (Å²) in [6.07, 6.45) is 23.5. The van der Waals surface area contributed by atoms with E-state index in [1.165, 1.54) is 87.8 Å². The van der Waals surface area contributed by atoms with Gasteiger partial charge in [0.1, 0.15) is 0 Å². The van der Waals surface area contributed by atoms with Crippen LogP contribution in [-0.4, -0.2) is 0 Å². The van der Waals surface area contributed by atoms with E-state index in [-0.39, 0.29) is 0 Å². The van der Waals surface area contributed by atoms with E-state index >= 15 is 0 Å². The van der Waals surface area contributed by atoms with Crippen molar-refractivity contribution < 1.29 is 0 Å². The average molecular weight is 364 g/mol. The second kappa shape index (κ2) is 13.4. The minimum atomic E-state index is 0.910. The molecule has 146 valence electrons. The fourth-order valence-corrected chi connectivity index (χ4v) is 4.24. The largest absolute Gasteiger partial charge is 0.193 e. The van der Waals surface area contributed by atoms with Crippen molar-refractivity contribution in [2.75, 3.05) is 0 Å². The van der Waals surface area contributed by atoms with Gasteiger partial charge in [-0.1, -0.05) is 87.9 Å². The summed E-state index contributed by atoms with van der Waals surface area (Å²) in [6.45, 7) is 2.27. The van der Waals surface area contributed by atoms with Crippen LogP contribution in [0.1, 0.15) is 82.3 Å². The summed E-state index contributed by atoms with van der Waals surface area (Å²) >= 11 is 0. The van der Waals surface area contributed by atoms with Gasteiger partial charge in [-0.15, -0.1) is 0 Å². The van der Waals surface area contributed by atoms with Gasteiger partial charge in [0.05, 0.1) is 6.07 Å². The molecule has 1 aromatic rings. The SMILES string of the molecule is CCCCCc1ccc(CCC2CCC(CCC=CC=CC#N)CC2)cc1. The zero-order chi connectivity index (χ0) is 19.2. The summed E-state index contributed by atoms with van der Waals surface area (Å²) < 4.78 is 0. The van der Waals surface area contributed by atoms with Gasteiger partial charge in [0.25, 0.3) is 0 Å². The molecule has 1 aliphatic rings. The summed E-state index contributed by atoms with van der Waals surface area (Å²) in [4.78, 5) is 0. The van der Waals surface area contributed by atoms with Crippen LogP contribution < -0.4 is 0 Å². The molecule has 0 N–H and O–H groups in total. The molecular formula is C26H37N. The summed E-state index contributed by atoms with van der Waals surface area (Å²) in [5, 5.41) is 8.45. The third kappa shape index (κ3) is 9.09. The van der Waals surface area contributed by atoms with E-state index in [4.69, 9.17) is 5.26 Å². The molecular weight excluding hydrogens is 326 g/mol. The first kappa shape index (κ1) is 21.5. The Kier molecular flexibility index (Phi) is 10.6. The van der Waals surface area contributed by atoms with Crippen molar-refractivity contribution in [2.45, 2.75) is 84.0 Å². The summed E-state index contributed by atoms with van der Waals surface area (Å²) in [5.41, 5.74) is 3.02. The van der Waals surface area contributed by atoms with Gasteiger partial charge in [0.2, 0.25) is 0 Å². The molecule has 1 aromatic carbocycles. The van der Waals surface area contributed by atoms with Crippen LogP contribution in [-0.2, 0) is 12.8 Å². The molecule has 0 radical (unpaired) electrons. The van der Waals surface area contributed by atoms with Crippen LogP contribution in [0.2, 0.25) is 0 Å². The third-order valence-electron chi connectivity index (χ3n) is 6.06. The molecule has 0 unspecified atom stereocenters. The molecule has 0 aromatic heterocycles. The van der Waals surface area contributed by atoms with E-state index in [2.05, 4.69) is 37.3 Å². The molecule has 0 aliphatic heterocycles. The second-order valence-electron chi connectivity index (χ2n) is 8.19. The number of aryl methyl sites for hydroxylation is 2. The fourth-order valence-electron chi connectivity index (χ4n) is 4.24. The summed E-state index contributed by atoms with van der Waals surface area (Å²) in [6, 6.07) is 11.4. The molecule has 0 atom stereocenters. The van der Waals surface area contributed by atoms with Gasteiger partial charge in [-0.25, -0.2) is 0 Å². The maximum absolute atomic E-state index is 8.45. The molecule has 0 amide bonds. The Hall–Kier alpha value is -1.81. The standard InChI is InChI=1S/C26H37N/c1-2-3-7-10-23-12-16-25(17-13-23)20-21-26-18-14-24(15-19-26)11-8-5-4-6-9-22-27/h4-6,9,12-13,16-17,24,26H,2-3,7-8,10-11,14-15,18-21H2,1H3. The summed E-state index contributed by atoms with van der Waals surface area (Å²) in [7, 11) is 0. The molecule has 1 fully saturated rings. The number of nitriles is 1. The number of unbranched alkanes of at least 4 members (excludes halogenated alkanes) is 2. The van der Waals surface area contributed by atoms with Crippen LogP contribution in [0.25, 0.3) is 0 Å². The lowest BCUT2D eigenvalue weighted by molar-refractivity contribution is 0.254. The van der Waals surface area contributed by atoms with Gasteiger partial charge in [0, 0.05) is 6.08 Å². The minimum absolute atomic E-state index is 0.910. The topological polar surface area (TPSA) is 23.8 Å². The molecule has 1 aliphatic carbocycles.